The molecule has 1 aliphatic rings. The van der Waals surface area contributed by atoms with E-state index in [4.69, 9.17) is 4.74 Å². The summed E-state index contributed by atoms with van der Waals surface area (Å²) in [6, 6.07) is 7.06. The van der Waals surface area contributed by atoms with Crippen LogP contribution in [0.1, 0.15) is 46.5 Å². The maximum Gasteiger partial charge on any atom is 0.165 e. The van der Waals surface area contributed by atoms with Crippen LogP contribution in [0.5, 0.6) is 5.75 Å². The fourth-order valence-electron chi connectivity index (χ4n) is 3.16. The highest BCUT2D eigenvalue weighted by molar-refractivity contribution is 5.24. The third-order valence-corrected chi connectivity index (χ3v) is 4.55. The molecule has 1 aromatic carbocycles. The summed E-state index contributed by atoms with van der Waals surface area (Å²) >= 11 is 0. The van der Waals surface area contributed by atoms with E-state index in [1.54, 1.807) is 12.1 Å². The molecule has 2 rings (SSSR count). The largest absolute Gasteiger partial charge is 0.486 e. The Balaban J connectivity index is 2.07. The molecular formula is C18H28FNO. The SMILES string of the molecule is CCCNC1CCC(C(C)C)CC1Oc1ccccc1F. The molecule has 1 aliphatic carbocycles. The number of halogens is 1. The van der Waals surface area contributed by atoms with Gasteiger partial charge in [0.25, 0.3) is 0 Å². The van der Waals surface area contributed by atoms with Crippen LogP contribution >= 0.6 is 0 Å². The molecule has 1 aromatic rings. The molecule has 0 saturated heterocycles. The van der Waals surface area contributed by atoms with Crippen LogP contribution in [-0.2, 0) is 0 Å². The molecule has 1 N–H and O–H groups in total. The van der Waals surface area contributed by atoms with Gasteiger partial charge in [0.15, 0.2) is 11.6 Å². The van der Waals surface area contributed by atoms with Gasteiger partial charge in [-0.25, -0.2) is 4.39 Å². The normalized spacial score (nSPS) is 26.0. The van der Waals surface area contributed by atoms with E-state index < -0.39 is 0 Å². The minimum atomic E-state index is -0.265. The van der Waals surface area contributed by atoms with Gasteiger partial charge >= 0.3 is 0 Å². The second-order valence-corrected chi connectivity index (χ2v) is 6.46. The average Bonchev–Trinajstić information content (AvgIpc) is 2.48. The molecule has 118 valence electrons. The number of benzene rings is 1. The lowest BCUT2D eigenvalue weighted by molar-refractivity contribution is 0.0688. The second-order valence-electron chi connectivity index (χ2n) is 6.46. The lowest BCUT2D eigenvalue weighted by Gasteiger charge is -2.38. The zero-order valence-electron chi connectivity index (χ0n) is 13.4. The van der Waals surface area contributed by atoms with E-state index in [-0.39, 0.29) is 11.9 Å². The molecule has 0 aliphatic heterocycles. The first-order valence-electron chi connectivity index (χ1n) is 8.26. The van der Waals surface area contributed by atoms with E-state index in [1.165, 1.54) is 12.5 Å². The van der Waals surface area contributed by atoms with Crippen LogP contribution in [0.3, 0.4) is 0 Å². The Bertz CT molecular complexity index is 435. The first kappa shape index (κ1) is 16.3. The van der Waals surface area contributed by atoms with Gasteiger partial charge in [0.05, 0.1) is 0 Å². The van der Waals surface area contributed by atoms with Gasteiger partial charge in [-0.05, 0) is 56.2 Å². The fourth-order valence-corrected chi connectivity index (χ4v) is 3.16. The molecular weight excluding hydrogens is 265 g/mol. The summed E-state index contributed by atoms with van der Waals surface area (Å²) in [6.45, 7) is 7.70. The highest BCUT2D eigenvalue weighted by Crippen LogP contribution is 2.33. The molecule has 0 bridgehead atoms. The van der Waals surface area contributed by atoms with E-state index in [1.807, 2.05) is 6.07 Å². The molecule has 1 saturated carbocycles. The Labute approximate surface area is 128 Å². The van der Waals surface area contributed by atoms with Crippen molar-refractivity contribution in [1.82, 2.24) is 5.32 Å². The van der Waals surface area contributed by atoms with Crippen molar-refractivity contribution in [1.29, 1.82) is 0 Å². The third kappa shape index (κ3) is 4.44. The summed E-state index contributed by atoms with van der Waals surface area (Å²) in [6.07, 6.45) is 4.52. The van der Waals surface area contributed by atoms with Crippen LogP contribution in [-0.4, -0.2) is 18.7 Å². The Kier molecular flexibility index (Phi) is 6.04. The Morgan fingerprint density at radius 2 is 2.05 bits per heavy atom. The van der Waals surface area contributed by atoms with Crippen LogP contribution in [0.15, 0.2) is 24.3 Å². The number of nitrogens with one attached hydrogen (secondary N) is 1. The van der Waals surface area contributed by atoms with Crippen molar-refractivity contribution in [3.8, 4) is 5.75 Å². The standard InChI is InChI=1S/C18H28FNO/c1-4-11-20-16-10-9-14(13(2)3)12-18(16)21-17-8-6-5-7-15(17)19/h5-8,13-14,16,18,20H,4,9-12H2,1-3H3. The summed E-state index contributed by atoms with van der Waals surface area (Å²) in [4.78, 5) is 0. The predicted octanol–water partition coefficient (Wildman–Crippen LogP) is 4.40. The van der Waals surface area contributed by atoms with Crippen LogP contribution in [0, 0.1) is 17.7 Å². The van der Waals surface area contributed by atoms with Gasteiger partial charge in [-0.3, -0.25) is 0 Å². The molecule has 0 aromatic heterocycles. The van der Waals surface area contributed by atoms with Gasteiger partial charge in [0.1, 0.15) is 6.10 Å². The van der Waals surface area contributed by atoms with Gasteiger partial charge in [-0.1, -0.05) is 32.9 Å². The molecule has 3 atom stereocenters. The summed E-state index contributed by atoms with van der Waals surface area (Å²) < 4.78 is 19.9. The Morgan fingerprint density at radius 1 is 1.29 bits per heavy atom. The summed E-state index contributed by atoms with van der Waals surface area (Å²) in [5.41, 5.74) is 0. The predicted molar refractivity (Wildman–Crippen MR) is 85.1 cm³/mol. The molecule has 0 spiro atoms. The maximum atomic E-state index is 13.8. The van der Waals surface area contributed by atoms with Gasteiger partial charge in [-0.2, -0.15) is 0 Å². The minimum Gasteiger partial charge on any atom is -0.486 e. The van der Waals surface area contributed by atoms with Crippen molar-refractivity contribution in [2.24, 2.45) is 11.8 Å². The number of para-hydroxylation sites is 1. The zero-order valence-corrected chi connectivity index (χ0v) is 13.4. The molecule has 1 fully saturated rings. The molecule has 3 heteroatoms. The van der Waals surface area contributed by atoms with E-state index in [0.717, 1.165) is 25.8 Å². The zero-order chi connectivity index (χ0) is 15.2. The monoisotopic (exact) mass is 293 g/mol. The minimum absolute atomic E-state index is 0.0644. The Hall–Kier alpha value is -1.09. The van der Waals surface area contributed by atoms with Crippen molar-refractivity contribution >= 4 is 0 Å². The first-order valence-corrected chi connectivity index (χ1v) is 8.26. The topological polar surface area (TPSA) is 21.3 Å². The van der Waals surface area contributed by atoms with Crippen molar-refractivity contribution in [3.05, 3.63) is 30.1 Å². The van der Waals surface area contributed by atoms with E-state index >= 15 is 0 Å². The molecule has 21 heavy (non-hydrogen) atoms. The van der Waals surface area contributed by atoms with Gasteiger partial charge < -0.3 is 10.1 Å². The van der Waals surface area contributed by atoms with E-state index in [2.05, 4.69) is 26.1 Å². The van der Waals surface area contributed by atoms with E-state index in [9.17, 15) is 4.39 Å². The lowest BCUT2D eigenvalue weighted by Crippen LogP contribution is -2.48. The van der Waals surface area contributed by atoms with Gasteiger partial charge in [0.2, 0.25) is 0 Å². The third-order valence-electron chi connectivity index (χ3n) is 4.55. The van der Waals surface area contributed by atoms with Gasteiger partial charge in [-0.15, -0.1) is 0 Å². The second kappa shape index (κ2) is 7.79. The van der Waals surface area contributed by atoms with Crippen molar-refractivity contribution < 1.29 is 9.13 Å². The molecule has 0 radical (unpaired) electrons. The number of hydrogen-bond acceptors (Lipinski definition) is 2. The van der Waals surface area contributed by atoms with Crippen LogP contribution in [0.2, 0.25) is 0 Å². The maximum absolute atomic E-state index is 13.8. The number of rotatable bonds is 6. The molecule has 2 nitrogen and oxygen atoms in total. The number of ether oxygens (including phenoxy) is 1. The average molecular weight is 293 g/mol. The first-order chi connectivity index (χ1) is 10.1. The fraction of sp³-hybridized carbons (Fsp3) is 0.667. The molecule has 3 unspecified atom stereocenters. The summed E-state index contributed by atoms with van der Waals surface area (Å²) in [5.74, 6) is 1.44. The van der Waals surface area contributed by atoms with Crippen molar-refractivity contribution in [2.45, 2.75) is 58.6 Å². The smallest absolute Gasteiger partial charge is 0.165 e. The summed E-state index contributed by atoms with van der Waals surface area (Å²) in [5, 5.41) is 3.57. The highest BCUT2D eigenvalue weighted by Gasteiger charge is 2.33. The van der Waals surface area contributed by atoms with Crippen molar-refractivity contribution in [3.63, 3.8) is 0 Å². The van der Waals surface area contributed by atoms with Crippen LogP contribution < -0.4 is 10.1 Å². The van der Waals surface area contributed by atoms with Crippen molar-refractivity contribution in [2.75, 3.05) is 6.54 Å². The molecule has 0 amide bonds. The van der Waals surface area contributed by atoms with Gasteiger partial charge in [0, 0.05) is 6.04 Å². The summed E-state index contributed by atoms with van der Waals surface area (Å²) in [7, 11) is 0. The van der Waals surface area contributed by atoms with E-state index in [0.29, 0.717) is 23.6 Å². The van der Waals surface area contributed by atoms with Crippen LogP contribution in [0.25, 0.3) is 0 Å². The molecule has 0 heterocycles. The highest BCUT2D eigenvalue weighted by atomic mass is 19.1. The van der Waals surface area contributed by atoms with Crippen LogP contribution in [0.4, 0.5) is 4.39 Å². The quantitative estimate of drug-likeness (QED) is 0.839. The Morgan fingerprint density at radius 3 is 2.71 bits per heavy atom. The number of hydrogen-bond donors (Lipinski definition) is 1. The lowest BCUT2D eigenvalue weighted by atomic mass is 9.78.